The van der Waals surface area contributed by atoms with Gasteiger partial charge in [-0.2, -0.15) is 0 Å². The summed E-state index contributed by atoms with van der Waals surface area (Å²) in [5, 5.41) is 0. The normalized spacial score (nSPS) is 17.3. The summed E-state index contributed by atoms with van der Waals surface area (Å²) in [5.41, 5.74) is 0.949. The molecule has 1 amide bonds. The number of carbonyl (C=O) groups is 2. The lowest BCUT2D eigenvalue weighted by Gasteiger charge is -2.16. The molecule has 1 aliphatic heterocycles. The first-order valence-electron chi connectivity index (χ1n) is 7.42. The second-order valence-electron chi connectivity index (χ2n) is 5.01. The molecule has 0 radical (unpaired) electrons. The highest BCUT2D eigenvalue weighted by atomic mass is 16.6. The van der Waals surface area contributed by atoms with E-state index in [1.807, 2.05) is 30.3 Å². The maximum atomic E-state index is 12.0. The van der Waals surface area contributed by atoms with E-state index in [1.165, 1.54) is 0 Å². The minimum Gasteiger partial charge on any atom is -0.464 e. The average molecular weight is 307 g/mol. The van der Waals surface area contributed by atoms with Gasteiger partial charge in [-0.3, -0.25) is 0 Å². The molecule has 6 heteroatoms. The van der Waals surface area contributed by atoms with Crippen molar-refractivity contribution in [2.24, 2.45) is 0 Å². The molecule has 1 aromatic rings. The summed E-state index contributed by atoms with van der Waals surface area (Å²) >= 11 is 0. The Balaban J connectivity index is 1.68. The molecule has 1 aromatic carbocycles. The van der Waals surface area contributed by atoms with E-state index in [2.05, 4.69) is 0 Å². The van der Waals surface area contributed by atoms with Crippen molar-refractivity contribution in [3.8, 4) is 0 Å². The molecule has 1 atom stereocenters. The van der Waals surface area contributed by atoms with Gasteiger partial charge in [-0.15, -0.1) is 0 Å². The van der Waals surface area contributed by atoms with Crippen LogP contribution < -0.4 is 0 Å². The van der Waals surface area contributed by atoms with Gasteiger partial charge in [0.1, 0.15) is 13.2 Å². The van der Waals surface area contributed by atoms with Gasteiger partial charge in [-0.1, -0.05) is 30.3 Å². The summed E-state index contributed by atoms with van der Waals surface area (Å²) in [5.74, 6) is -0.382. The number of carbonyl (C=O) groups excluding carboxylic acids is 2. The molecule has 0 aliphatic carbocycles. The van der Waals surface area contributed by atoms with Gasteiger partial charge in [0.15, 0.2) is 0 Å². The Kier molecular flexibility index (Phi) is 6.21. The van der Waals surface area contributed by atoms with Gasteiger partial charge < -0.3 is 19.1 Å². The van der Waals surface area contributed by atoms with Crippen LogP contribution in [0.15, 0.2) is 30.3 Å². The molecule has 120 valence electrons. The second kappa shape index (κ2) is 8.38. The van der Waals surface area contributed by atoms with E-state index in [9.17, 15) is 9.59 Å². The fourth-order valence-electron chi connectivity index (χ4n) is 2.23. The van der Waals surface area contributed by atoms with Crippen LogP contribution in [0.1, 0.15) is 18.9 Å². The van der Waals surface area contributed by atoms with Crippen molar-refractivity contribution < 1.29 is 23.8 Å². The summed E-state index contributed by atoms with van der Waals surface area (Å²) in [6, 6.07) is 9.53. The Morgan fingerprint density at radius 2 is 2.00 bits per heavy atom. The Labute approximate surface area is 129 Å². The summed E-state index contributed by atoms with van der Waals surface area (Å²) in [6.07, 6.45) is 0.194. The third kappa shape index (κ3) is 5.04. The predicted octanol–water partition coefficient (Wildman–Crippen LogP) is 1.98. The van der Waals surface area contributed by atoms with Gasteiger partial charge in [-0.25, -0.2) is 9.59 Å². The van der Waals surface area contributed by atoms with Crippen LogP contribution in [0.3, 0.4) is 0 Å². The fraction of sp³-hybridized carbons (Fsp3) is 0.500. The number of rotatable bonds is 6. The molecule has 0 spiro atoms. The van der Waals surface area contributed by atoms with Crippen molar-refractivity contribution in [3.05, 3.63) is 35.9 Å². The minimum atomic E-state index is -0.382. The quantitative estimate of drug-likeness (QED) is 0.752. The van der Waals surface area contributed by atoms with Gasteiger partial charge in [0.2, 0.25) is 0 Å². The number of amides is 1. The summed E-state index contributed by atoms with van der Waals surface area (Å²) in [6.45, 7) is 3.27. The first-order chi connectivity index (χ1) is 10.7. The first kappa shape index (κ1) is 16.3. The maximum absolute atomic E-state index is 12.0. The summed E-state index contributed by atoms with van der Waals surface area (Å²) in [4.78, 5) is 24.8. The van der Waals surface area contributed by atoms with Crippen molar-refractivity contribution in [2.45, 2.75) is 26.1 Å². The van der Waals surface area contributed by atoms with E-state index in [-0.39, 0.29) is 31.4 Å². The Morgan fingerprint density at radius 3 is 2.73 bits per heavy atom. The van der Waals surface area contributed by atoms with Crippen molar-refractivity contribution in [2.75, 3.05) is 26.3 Å². The molecule has 1 heterocycles. The van der Waals surface area contributed by atoms with Crippen molar-refractivity contribution in [1.82, 2.24) is 4.90 Å². The number of nitrogens with zero attached hydrogens (tertiary/aromatic N) is 1. The molecular weight excluding hydrogens is 286 g/mol. The Hall–Kier alpha value is -2.08. The van der Waals surface area contributed by atoms with E-state index >= 15 is 0 Å². The van der Waals surface area contributed by atoms with Gasteiger partial charge in [0.25, 0.3) is 0 Å². The maximum Gasteiger partial charge on any atom is 0.410 e. The fourth-order valence-corrected chi connectivity index (χ4v) is 2.23. The van der Waals surface area contributed by atoms with E-state index in [4.69, 9.17) is 14.2 Å². The molecule has 2 rings (SSSR count). The van der Waals surface area contributed by atoms with Crippen LogP contribution in [0.25, 0.3) is 0 Å². The molecule has 1 aliphatic rings. The average Bonchev–Trinajstić information content (AvgIpc) is 3.01. The zero-order chi connectivity index (χ0) is 15.8. The van der Waals surface area contributed by atoms with E-state index in [1.54, 1.807) is 11.8 Å². The molecule has 1 saturated heterocycles. The van der Waals surface area contributed by atoms with Crippen LogP contribution in [0.2, 0.25) is 0 Å². The standard InChI is InChI=1S/C16H21NO5/c1-2-20-15(18)12-21-14-8-9-17(10-14)16(19)22-11-13-6-4-3-5-7-13/h3-7,14H,2,8-12H2,1H3. The smallest absolute Gasteiger partial charge is 0.410 e. The van der Waals surface area contributed by atoms with E-state index in [0.717, 1.165) is 5.56 Å². The molecular formula is C16H21NO5. The van der Waals surface area contributed by atoms with E-state index in [0.29, 0.717) is 26.1 Å². The summed E-state index contributed by atoms with van der Waals surface area (Å²) < 4.78 is 15.5. The van der Waals surface area contributed by atoms with Gasteiger partial charge >= 0.3 is 12.1 Å². The molecule has 0 N–H and O–H groups in total. The van der Waals surface area contributed by atoms with Gasteiger partial charge in [0.05, 0.1) is 19.3 Å². The monoisotopic (exact) mass is 307 g/mol. The Morgan fingerprint density at radius 1 is 1.23 bits per heavy atom. The Bertz CT molecular complexity index is 491. The van der Waals surface area contributed by atoms with Crippen LogP contribution in [0, 0.1) is 0 Å². The SMILES string of the molecule is CCOC(=O)COC1CCN(C(=O)OCc2ccccc2)C1. The molecule has 1 fully saturated rings. The van der Waals surface area contributed by atoms with Crippen molar-refractivity contribution in [1.29, 1.82) is 0 Å². The number of ether oxygens (including phenoxy) is 3. The van der Waals surface area contributed by atoms with Crippen LogP contribution in [-0.4, -0.2) is 49.4 Å². The van der Waals surface area contributed by atoms with Crippen LogP contribution in [-0.2, 0) is 25.6 Å². The minimum absolute atomic E-state index is 0.0780. The molecule has 0 aromatic heterocycles. The molecule has 1 unspecified atom stereocenters. The zero-order valence-corrected chi connectivity index (χ0v) is 12.7. The second-order valence-corrected chi connectivity index (χ2v) is 5.01. The zero-order valence-electron chi connectivity index (χ0n) is 12.7. The first-order valence-corrected chi connectivity index (χ1v) is 7.42. The van der Waals surface area contributed by atoms with Crippen LogP contribution >= 0.6 is 0 Å². The third-order valence-electron chi connectivity index (χ3n) is 3.35. The number of benzene rings is 1. The summed E-state index contributed by atoms with van der Waals surface area (Å²) in [7, 11) is 0. The molecule has 0 bridgehead atoms. The van der Waals surface area contributed by atoms with Gasteiger partial charge in [0, 0.05) is 6.54 Å². The number of hydrogen-bond acceptors (Lipinski definition) is 5. The lowest BCUT2D eigenvalue weighted by Crippen LogP contribution is -2.31. The highest BCUT2D eigenvalue weighted by Gasteiger charge is 2.28. The van der Waals surface area contributed by atoms with Crippen molar-refractivity contribution in [3.63, 3.8) is 0 Å². The largest absolute Gasteiger partial charge is 0.464 e. The molecule has 0 saturated carbocycles. The highest BCUT2D eigenvalue weighted by molar-refractivity contribution is 5.70. The lowest BCUT2D eigenvalue weighted by atomic mass is 10.2. The molecule has 22 heavy (non-hydrogen) atoms. The highest BCUT2D eigenvalue weighted by Crippen LogP contribution is 2.14. The number of hydrogen-bond donors (Lipinski definition) is 0. The molecule has 6 nitrogen and oxygen atoms in total. The topological polar surface area (TPSA) is 65.1 Å². The third-order valence-corrected chi connectivity index (χ3v) is 3.35. The number of likely N-dealkylation sites (tertiary alicyclic amines) is 1. The van der Waals surface area contributed by atoms with Crippen LogP contribution in [0.4, 0.5) is 4.79 Å². The van der Waals surface area contributed by atoms with Crippen LogP contribution in [0.5, 0.6) is 0 Å². The van der Waals surface area contributed by atoms with E-state index < -0.39 is 0 Å². The van der Waals surface area contributed by atoms with Crippen molar-refractivity contribution >= 4 is 12.1 Å². The lowest BCUT2D eigenvalue weighted by molar-refractivity contribution is -0.150. The predicted molar refractivity (Wildman–Crippen MR) is 79.2 cm³/mol. The van der Waals surface area contributed by atoms with Gasteiger partial charge in [-0.05, 0) is 18.9 Å². The number of esters is 1.